The Morgan fingerprint density at radius 3 is 1.40 bits per heavy atom. The Hall–Kier alpha value is -7.04. The molecule has 52 heavy (non-hydrogen) atoms. The van der Waals surface area contributed by atoms with Gasteiger partial charge < -0.3 is 0 Å². The molecule has 0 fully saturated rings. The Kier molecular flexibility index (Phi) is 7.10. The van der Waals surface area contributed by atoms with E-state index in [9.17, 15) is 0 Å². The smallest absolute Gasteiger partial charge is 0.164 e. The van der Waals surface area contributed by atoms with Gasteiger partial charge in [0.15, 0.2) is 17.5 Å². The molecule has 0 saturated heterocycles. The van der Waals surface area contributed by atoms with Crippen LogP contribution in [0, 0.1) is 0 Å². The number of aromatic nitrogens is 4. The number of hydrogen-bond acceptors (Lipinski definition) is 4. The minimum atomic E-state index is 0.624. The quantitative estimate of drug-likeness (QED) is 0.178. The molecule has 4 nitrogen and oxygen atoms in total. The molecule has 4 heteroatoms. The maximum Gasteiger partial charge on any atom is 0.164 e. The molecule has 7 aromatic carbocycles. The van der Waals surface area contributed by atoms with Crippen molar-refractivity contribution in [3.8, 4) is 89.8 Å². The monoisotopic (exact) mass is 662 g/mol. The van der Waals surface area contributed by atoms with E-state index < -0.39 is 0 Å². The van der Waals surface area contributed by atoms with E-state index in [-0.39, 0.29) is 0 Å². The normalized spacial score (nSPS) is 11.5. The topological polar surface area (TPSA) is 51.6 Å². The highest BCUT2D eigenvalue weighted by molar-refractivity contribution is 6.18. The molecule has 10 rings (SSSR count). The standard InChI is InChI=1S/C48H30N4/c1-3-11-32(12-4-1)46-50-47(33-13-5-2-6-14-33)52-48(51-46)38-29-36(35-16-9-15-34(27-35)31-23-25-49-26-24-31)28-37(30-38)39-21-22-44-41-18-8-7-17-40(41)43-20-10-19-42(39)45(43)44/h1-30H. The van der Waals surface area contributed by atoms with Crippen LogP contribution in [0.15, 0.2) is 182 Å². The van der Waals surface area contributed by atoms with Gasteiger partial charge in [-0.1, -0.05) is 133 Å². The maximum atomic E-state index is 5.13. The van der Waals surface area contributed by atoms with Crippen LogP contribution in [0.5, 0.6) is 0 Å². The summed E-state index contributed by atoms with van der Waals surface area (Å²) in [6.07, 6.45) is 3.67. The van der Waals surface area contributed by atoms with E-state index in [0.29, 0.717) is 17.5 Å². The summed E-state index contributed by atoms with van der Waals surface area (Å²) in [4.78, 5) is 19.5. The van der Waals surface area contributed by atoms with Crippen molar-refractivity contribution in [1.82, 2.24) is 19.9 Å². The van der Waals surface area contributed by atoms with E-state index in [1.807, 2.05) is 85.2 Å². The fraction of sp³-hybridized carbons (Fsp3) is 0. The van der Waals surface area contributed by atoms with Crippen molar-refractivity contribution < 1.29 is 0 Å². The highest BCUT2D eigenvalue weighted by Gasteiger charge is 2.23. The van der Waals surface area contributed by atoms with Gasteiger partial charge in [0, 0.05) is 29.1 Å². The molecule has 0 bridgehead atoms. The summed E-state index contributed by atoms with van der Waals surface area (Å²) in [7, 11) is 0. The molecule has 2 aromatic heterocycles. The van der Waals surface area contributed by atoms with Crippen LogP contribution >= 0.6 is 0 Å². The molecule has 0 aliphatic heterocycles. The first-order valence-corrected chi connectivity index (χ1v) is 17.5. The van der Waals surface area contributed by atoms with E-state index in [1.54, 1.807) is 0 Å². The van der Waals surface area contributed by atoms with Crippen LogP contribution in [-0.4, -0.2) is 19.9 Å². The van der Waals surface area contributed by atoms with Gasteiger partial charge in [0.2, 0.25) is 0 Å². The molecular formula is C48H30N4. The lowest BCUT2D eigenvalue weighted by atomic mass is 9.90. The first-order valence-electron chi connectivity index (χ1n) is 17.5. The molecule has 0 atom stereocenters. The maximum absolute atomic E-state index is 5.13. The second-order valence-corrected chi connectivity index (χ2v) is 13.1. The van der Waals surface area contributed by atoms with Gasteiger partial charge in [-0.2, -0.15) is 0 Å². The minimum Gasteiger partial charge on any atom is -0.265 e. The van der Waals surface area contributed by atoms with Crippen LogP contribution in [0.3, 0.4) is 0 Å². The second kappa shape index (κ2) is 12.4. The molecule has 0 spiro atoms. The van der Waals surface area contributed by atoms with Crippen molar-refractivity contribution in [2.75, 3.05) is 0 Å². The third-order valence-electron chi connectivity index (χ3n) is 9.96. The third kappa shape index (κ3) is 5.17. The van der Waals surface area contributed by atoms with Crippen molar-refractivity contribution in [2.45, 2.75) is 0 Å². The van der Waals surface area contributed by atoms with Crippen LogP contribution in [0.1, 0.15) is 0 Å². The Bertz CT molecular complexity index is 2690. The zero-order valence-corrected chi connectivity index (χ0v) is 28.1. The molecule has 2 heterocycles. The second-order valence-electron chi connectivity index (χ2n) is 13.1. The lowest BCUT2D eigenvalue weighted by Crippen LogP contribution is -2.00. The van der Waals surface area contributed by atoms with Gasteiger partial charge in [-0.15, -0.1) is 0 Å². The average molecular weight is 663 g/mol. The van der Waals surface area contributed by atoms with Gasteiger partial charge >= 0.3 is 0 Å². The van der Waals surface area contributed by atoms with E-state index in [2.05, 4.69) is 102 Å². The largest absolute Gasteiger partial charge is 0.265 e. The van der Waals surface area contributed by atoms with E-state index in [0.717, 1.165) is 44.5 Å². The van der Waals surface area contributed by atoms with Crippen molar-refractivity contribution in [2.24, 2.45) is 0 Å². The molecule has 242 valence electrons. The SMILES string of the molecule is c1ccc(-c2nc(-c3ccccc3)nc(-c3cc(-c4cccc(-c5ccncc5)c4)cc(-c4ccc5c6c(cccc46)-c4ccccc4-5)c3)n2)cc1. The molecule has 0 saturated carbocycles. The number of rotatable bonds is 6. The fourth-order valence-electron chi connectivity index (χ4n) is 7.50. The van der Waals surface area contributed by atoms with Gasteiger partial charge in [-0.05, 0) is 103 Å². The van der Waals surface area contributed by atoms with Crippen molar-refractivity contribution in [3.63, 3.8) is 0 Å². The number of pyridine rings is 1. The highest BCUT2D eigenvalue weighted by Crippen LogP contribution is 2.49. The van der Waals surface area contributed by atoms with Gasteiger partial charge in [0.05, 0.1) is 0 Å². The minimum absolute atomic E-state index is 0.624. The first kappa shape index (κ1) is 29.8. The van der Waals surface area contributed by atoms with Crippen molar-refractivity contribution in [3.05, 3.63) is 182 Å². The van der Waals surface area contributed by atoms with Crippen LogP contribution < -0.4 is 0 Å². The molecule has 0 unspecified atom stereocenters. The van der Waals surface area contributed by atoms with Gasteiger partial charge in [-0.25, -0.2) is 15.0 Å². The van der Waals surface area contributed by atoms with Crippen LogP contribution in [0.25, 0.3) is 101 Å². The Balaban J connectivity index is 1.22. The van der Waals surface area contributed by atoms with E-state index in [1.165, 1.54) is 38.6 Å². The summed E-state index contributed by atoms with van der Waals surface area (Å²) in [5.41, 5.74) is 14.7. The number of benzene rings is 7. The Labute approximate surface area is 301 Å². The molecule has 0 amide bonds. The summed E-state index contributed by atoms with van der Waals surface area (Å²) in [5, 5.41) is 2.52. The number of hydrogen-bond donors (Lipinski definition) is 0. The van der Waals surface area contributed by atoms with Gasteiger partial charge in [-0.3, -0.25) is 4.98 Å². The zero-order chi connectivity index (χ0) is 34.4. The van der Waals surface area contributed by atoms with E-state index >= 15 is 0 Å². The Morgan fingerprint density at radius 1 is 0.269 bits per heavy atom. The summed E-state index contributed by atoms with van der Waals surface area (Å²) in [5.74, 6) is 1.90. The molecule has 9 aromatic rings. The molecule has 1 aliphatic carbocycles. The van der Waals surface area contributed by atoms with Crippen LogP contribution in [-0.2, 0) is 0 Å². The summed E-state index contributed by atoms with van der Waals surface area (Å²) >= 11 is 0. The lowest BCUT2D eigenvalue weighted by molar-refractivity contribution is 1.07. The predicted octanol–water partition coefficient (Wildman–Crippen LogP) is 12.1. The molecule has 1 aliphatic rings. The van der Waals surface area contributed by atoms with Crippen molar-refractivity contribution in [1.29, 1.82) is 0 Å². The van der Waals surface area contributed by atoms with Crippen LogP contribution in [0.2, 0.25) is 0 Å². The molecule has 0 radical (unpaired) electrons. The summed E-state index contributed by atoms with van der Waals surface area (Å²) < 4.78 is 0. The Morgan fingerprint density at radius 2 is 0.731 bits per heavy atom. The highest BCUT2D eigenvalue weighted by atomic mass is 15.0. The fourth-order valence-corrected chi connectivity index (χ4v) is 7.50. The number of nitrogens with zero attached hydrogens (tertiary/aromatic N) is 4. The lowest BCUT2D eigenvalue weighted by Gasteiger charge is -2.15. The number of fused-ring (bicyclic) bond motifs is 3. The van der Waals surface area contributed by atoms with Crippen LogP contribution in [0.4, 0.5) is 0 Å². The molecular weight excluding hydrogens is 633 g/mol. The van der Waals surface area contributed by atoms with Gasteiger partial charge in [0.1, 0.15) is 0 Å². The average Bonchev–Trinajstić information content (AvgIpc) is 3.56. The first-order chi connectivity index (χ1) is 25.8. The van der Waals surface area contributed by atoms with Gasteiger partial charge in [0.25, 0.3) is 0 Å². The zero-order valence-electron chi connectivity index (χ0n) is 28.1. The van der Waals surface area contributed by atoms with E-state index in [4.69, 9.17) is 15.0 Å². The molecule has 0 N–H and O–H groups in total. The van der Waals surface area contributed by atoms with Crippen molar-refractivity contribution >= 4 is 10.8 Å². The third-order valence-corrected chi connectivity index (χ3v) is 9.96. The predicted molar refractivity (Wildman–Crippen MR) is 212 cm³/mol. The summed E-state index contributed by atoms with van der Waals surface area (Å²) in [6.45, 7) is 0. The summed E-state index contributed by atoms with van der Waals surface area (Å²) in [6, 6.07) is 59.8.